The molecule has 0 unspecified atom stereocenters. The maximum absolute atomic E-state index is 13.7. The van der Waals surface area contributed by atoms with Crippen molar-refractivity contribution in [2.45, 2.75) is 64.6 Å². The molecule has 1 fully saturated rings. The highest BCUT2D eigenvalue weighted by Gasteiger charge is 2.49. The van der Waals surface area contributed by atoms with E-state index in [0.29, 0.717) is 16.6 Å². The molecule has 1 N–H and O–H groups in total. The molecular weight excluding hydrogens is 444 g/mol. The lowest BCUT2D eigenvalue weighted by atomic mass is 9.86. The van der Waals surface area contributed by atoms with Crippen molar-refractivity contribution in [3.8, 4) is 0 Å². The zero-order valence-corrected chi connectivity index (χ0v) is 19.9. The summed E-state index contributed by atoms with van der Waals surface area (Å²) in [5.41, 5.74) is -0.435. The van der Waals surface area contributed by atoms with Gasteiger partial charge in [-0.25, -0.2) is 4.79 Å². The smallest absolute Gasteiger partial charge is 0.358 e. The standard InChI is InChI=1S/C24H29ClN4O4/c1-4-33-22(31)19-13-20-21(30)29(18-11-7-16(25)8-12-18)24(3,14-28(20)27-19)23(32)26-17-9-5-15(2)6-10-17/h7-8,11-13,15,17H,4-6,9-10,14H2,1-3H3,(H,26,32)/t15?,17?,24-/m0/s1. The molecule has 1 aliphatic heterocycles. The first-order valence-corrected chi connectivity index (χ1v) is 11.8. The molecular formula is C24H29ClN4O4. The van der Waals surface area contributed by atoms with Gasteiger partial charge < -0.3 is 10.1 Å². The quantitative estimate of drug-likeness (QED) is 0.667. The van der Waals surface area contributed by atoms with E-state index in [-0.39, 0.29) is 36.5 Å². The maximum Gasteiger partial charge on any atom is 0.358 e. The van der Waals surface area contributed by atoms with E-state index in [0.717, 1.165) is 25.7 Å². The van der Waals surface area contributed by atoms with Gasteiger partial charge in [0.1, 0.15) is 11.2 Å². The Bertz CT molecular complexity index is 1060. The number of nitrogens with zero attached hydrogens (tertiary/aromatic N) is 3. The van der Waals surface area contributed by atoms with Gasteiger partial charge in [-0.15, -0.1) is 0 Å². The van der Waals surface area contributed by atoms with Gasteiger partial charge in [0.15, 0.2) is 5.69 Å². The van der Waals surface area contributed by atoms with Gasteiger partial charge in [0.2, 0.25) is 5.91 Å². The number of esters is 1. The number of nitrogens with one attached hydrogen (secondary N) is 1. The van der Waals surface area contributed by atoms with E-state index < -0.39 is 17.4 Å². The average molecular weight is 473 g/mol. The summed E-state index contributed by atoms with van der Waals surface area (Å²) >= 11 is 6.06. The van der Waals surface area contributed by atoms with Gasteiger partial charge in [0.25, 0.3) is 5.91 Å². The van der Waals surface area contributed by atoms with Crippen LogP contribution in [0.4, 0.5) is 5.69 Å². The molecule has 1 aromatic heterocycles. The third-order valence-corrected chi connectivity index (χ3v) is 6.81. The van der Waals surface area contributed by atoms with Gasteiger partial charge in [0, 0.05) is 22.8 Å². The first-order chi connectivity index (χ1) is 15.7. The van der Waals surface area contributed by atoms with Crippen LogP contribution >= 0.6 is 11.6 Å². The summed E-state index contributed by atoms with van der Waals surface area (Å²) in [7, 11) is 0. The predicted molar refractivity (Wildman–Crippen MR) is 124 cm³/mol. The molecule has 2 aromatic rings. The largest absolute Gasteiger partial charge is 0.461 e. The summed E-state index contributed by atoms with van der Waals surface area (Å²) in [6.45, 7) is 5.96. The highest BCUT2D eigenvalue weighted by atomic mass is 35.5. The minimum atomic E-state index is -1.25. The van der Waals surface area contributed by atoms with E-state index in [2.05, 4.69) is 17.3 Å². The minimum Gasteiger partial charge on any atom is -0.461 e. The molecule has 2 amide bonds. The fraction of sp³-hybridized carbons (Fsp3) is 0.500. The Hall–Kier alpha value is -2.87. The Balaban J connectivity index is 1.71. The Morgan fingerprint density at radius 1 is 1.21 bits per heavy atom. The predicted octanol–water partition coefficient (Wildman–Crippen LogP) is 3.83. The normalized spacial score (nSPS) is 24.8. The first-order valence-electron chi connectivity index (χ1n) is 11.4. The fourth-order valence-electron chi connectivity index (χ4n) is 4.63. The van der Waals surface area contributed by atoms with Crippen molar-refractivity contribution >= 4 is 35.1 Å². The van der Waals surface area contributed by atoms with Crippen LogP contribution < -0.4 is 10.2 Å². The van der Waals surface area contributed by atoms with Gasteiger partial charge in [-0.1, -0.05) is 18.5 Å². The number of carbonyl (C=O) groups is 3. The zero-order valence-electron chi connectivity index (χ0n) is 19.1. The van der Waals surface area contributed by atoms with Crippen molar-refractivity contribution in [2.75, 3.05) is 11.5 Å². The number of carbonyl (C=O) groups excluding carboxylic acids is 3. The third kappa shape index (κ3) is 4.49. The number of ether oxygens (including phenoxy) is 1. The third-order valence-electron chi connectivity index (χ3n) is 6.56. The van der Waals surface area contributed by atoms with E-state index in [4.69, 9.17) is 16.3 Å². The van der Waals surface area contributed by atoms with Crippen LogP contribution in [-0.4, -0.2) is 45.8 Å². The van der Waals surface area contributed by atoms with Gasteiger partial charge in [-0.2, -0.15) is 5.10 Å². The van der Waals surface area contributed by atoms with E-state index in [1.165, 1.54) is 15.6 Å². The summed E-state index contributed by atoms with van der Waals surface area (Å²) in [4.78, 5) is 41.0. The number of hydrogen-bond donors (Lipinski definition) is 1. The second kappa shape index (κ2) is 9.17. The molecule has 1 aromatic carbocycles. The van der Waals surface area contributed by atoms with Crippen molar-refractivity contribution < 1.29 is 19.1 Å². The highest BCUT2D eigenvalue weighted by Crippen LogP contribution is 2.34. The number of halogens is 1. The van der Waals surface area contributed by atoms with Gasteiger partial charge >= 0.3 is 5.97 Å². The zero-order chi connectivity index (χ0) is 23.8. The lowest BCUT2D eigenvalue weighted by Gasteiger charge is -2.44. The van der Waals surface area contributed by atoms with Crippen LogP contribution in [0.2, 0.25) is 5.02 Å². The number of aromatic nitrogens is 2. The molecule has 2 heterocycles. The lowest BCUT2D eigenvalue weighted by molar-refractivity contribution is -0.127. The molecule has 176 valence electrons. The van der Waals surface area contributed by atoms with Crippen molar-refractivity contribution in [1.29, 1.82) is 0 Å². The number of fused-ring (bicyclic) bond motifs is 1. The highest BCUT2D eigenvalue weighted by molar-refractivity contribution is 6.30. The minimum absolute atomic E-state index is 0.0437. The Labute approximate surface area is 198 Å². The maximum atomic E-state index is 13.7. The molecule has 1 atom stereocenters. The molecule has 0 radical (unpaired) electrons. The molecule has 1 aliphatic carbocycles. The van der Waals surface area contributed by atoms with Crippen LogP contribution in [0.1, 0.15) is 67.4 Å². The summed E-state index contributed by atoms with van der Waals surface area (Å²) in [5.74, 6) is -0.609. The second-order valence-electron chi connectivity index (χ2n) is 9.11. The van der Waals surface area contributed by atoms with E-state index >= 15 is 0 Å². The summed E-state index contributed by atoms with van der Waals surface area (Å²) < 4.78 is 6.47. The number of hydrogen-bond acceptors (Lipinski definition) is 5. The monoisotopic (exact) mass is 472 g/mol. The fourth-order valence-corrected chi connectivity index (χ4v) is 4.75. The molecule has 2 aliphatic rings. The molecule has 8 nitrogen and oxygen atoms in total. The molecule has 0 bridgehead atoms. The second-order valence-corrected chi connectivity index (χ2v) is 9.55. The molecule has 1 saturated carbocycles. The number of benzene rings is 1. The van der Waals surface area contributed by atoms with Crippen LogP contribution in [0.25, 0.3) is 0 Å². The van der Waals surface area contributed by atoms with Gasteiger partial charge in [-0.3, -0.25) is 19.2 Å². The Kier molecular flexibility index (Phi) is 6.47. The van der Waals surface area contributed by atoms with E-state index in [1.807, 2.05) is 0 Å². The average Bonchev–Trinajstić information content (AvgIpc) is 3.21. The van der Waals surface area contributed by atoms with Gasteiger partial charge in [0.05, 0.1) is 13.2 Å². The van der Waals surface area contributed by atoms with Crippen molar-refractivity contribution in [3.63, 3.8) is 0 Å². The SMILES string of the molecule is CCOC(=O)c1cc2n(n1)C[C@@](C)(C(=O)NC1CCC(C)CC1)N(c1ccc(Cl)cc1)C2=O. The Morgan fingerprint density at radius 2 is 1.88 bits per heavy atom. The van der Waals surface area contributed by atoms with E-state index in [9.17, 15) is 14.4 Å². The van der Waals surface area contributed by atoms with E-state index in [1.54, 1.807) is 38.1 Å². The summed E-state index contributed by atoms with van der Waals surface area (Å²) in [6.07, 6.45) is 3.96. The first kappa shape index (κ1) is 23.3. The van der Waals surface area contributed by atoms with Crippen LogP contribution in [0, 0.1) is 5.92 Å². The molecule has 4 rings (SSSR count). The number of amides is 2. The molecule has 0 saturated heterocycles. The summed E-state index contributed by atoms with van der Waals surface area (Å²) in [6, 6.07) is 8.28. The summed E-state index contributed by atoms with van der Waals surface area (Å²) in [5, 5.41) is 7.99. The number of anilines is 1. The Morgan fingerprint density at radius 3 is 2.52 bits per heavy atom. The molecule has 0 spiro atoms. The van der Waals surface area contributed by atoms with Crippen LogP contribution in [0.3, 0.4) is 0 Å². The van der Waals surface area contributed by atoms with Gasteiger partial charge in [-0.05, 0) is 69.7 Å². The molecule has 9 heteroatoms. The topological polar surface area (TPSA) is 93.5 Å². The molecule has 33 heavy (non-hydrogen) atoms. The lowest BCUT2D eigenvalue weighted by Crippen LogP contribution is -2.65. The van der Waals surface area contributed by atoms with Crippen LogP contribution in [-0.2, 0) is 16.1 Å². The van der Waals surface area contributed by atoms with Crippen molar-refractivity contribution in [1.82, 2.24) is 15.1 Å². The van der Waals surface area contributed by atoms with Crippen molar-refractivity contribution in [3.05, 3.63) is 46.7 Å². The van der Waals surface area contributed by atoms with Crippen LogP contribution in [0.5, 0.6) is 0 Å². The van der Waals surface area contributed by atoms with Crippen LogP contribution in [0.15, 0.2) is 30.3 Å². The number of rotatable bonds is 5. The van der Waals surface area contributed by atoms with Crippen molar-refractivity contribution in [2.24, 2.45) is 5.92 Å².